The molecular weight excluding hydrogens is 386 g/mol. The molecule has 0 saturated carbocycles. The Hall–Kier alpha value is -2.02. The molecular formula is C16H22O8Zn. The van der Waals surface area contributed by atoms with Gasteiger partial charge in [-0.3, -0.25) is 0 Å². The summed E-state index contributed by atoms with van der Waals surface area (Å²) in [7, 11) is 0. The minimum absolute atomic E-state index is 0. The zero-order chi connectivity index (χ0) is 19.1. The van der Waals surface area contributed by atoms with Gasteiger partial charge in [0, 0.05) is 12.2 Å². The van der Waals surface area contributed by atoms with Crippen LogP contribution in [0.1, 0.15) is 40.5 Å². The number of hydrogen-bond donors (Lipinski definition) is 0. The molecule has 0 aliphatic rings. The summed E-state index contributed by atoms with van der Waals surface area (Å²) in [5.41, 5.74) is 0. The van der Waals surface area contributed by atoms with Crippen molar-refractivity contribution >= 4 is 23.9 Å². The molecule has 0 aliphatic carbocycles. The molecule has 0 spiro atoms. The third-order valence-electron chi connectivity index (χ3n) is 2.50. The summed E-state index contributed by atoms with van der Waals surface area (Å²) in [6, 6.07) is 0. The molecule has 0 aromatic carbocycles. The number of hydrogen-bond acceptors (Lipinski definition) is 8. The normalized spacial score (nSPS) is 12.3. The van der Waals surface area contributed by atoms with Crippen molar-refractivity contribution in [2.24, 2.45) is 0 Å². The van der Waals surface area contributed by atoms with Crippen molar-refractivity contribution in [3.63, 3.8) is 0 Å². The van der Waals surface area contributed by atoms with E-state index in [2.05, 4.69) is 0 Å². The monoisotopic (exact) mass is 406 g/mol. The van der Waals surface area contributed by atoms with Crippen LogP contribution in [-0.4, -0.2) is 36.1 Å². The number of aliphatic carboxylic acids is 2. The van der Waals surface area contributed by atoms with E-state index in [1.54, 1.807) is 13.8 Å². The zero-order valence-electron chi connectivity index (χ0n) is 14.9. The Balaban J connectivity index is -0.000000372. The first-order chi connectivity index (χ1) is 11.1. The van der Waals surface area contributed by atoms with Gasteiger partial charge in [-0.1, -0.05) is 13.8 Å². The van der Waals surface area contributed by atoms with Gasteiger partial charge in [-0.2, -0.15) is 0 Å². The minimum Gasteiger partial charge on any atom is -0.545 e. The molecule has 136 valence electrons. The maximum Gasteiger partial charge on any atom is 2.00 e. The summed E-state index contributed by atoms with van der Waals surface area (Å²) in [6.07, 6.45) is 3.97. The van der Waals surface area contributed by atoms with Gasteiger partial charge in [0.1, 0.15) is 0 Å². The number of ether oxygens (including phenoxy) is 2. The number of carbonyl (C=O) groups is 4. The molecule has 0 aliphatic heterocycles. The summed E-state index contributed by atoms with van der Waals surface area (Å²) in [5.74, 6) is -4.13. The fourth-order valence-corrected chi connectivity index (χ4v) is 0.914. The molecule has 9 heteroatoms. The van der Waals surface area contributed by atoms with Crippen LogP contribution in [0.3, 0.4) is 0 Å². The molecule has 0 bridgehead atoms. The minimum atomic E-state index is -1.41. The van der Waals surface area contributed by atoms with Crippen LogP contribution in [0.4, 0.5) is 0 Å². The standard InChI is InChI=1S/2C8H12O4.Zn/c2*1-3-6(2)12-8(11)5-4-7(9)10;/h2*4-6H,3H2,1-2H3,(H,9,10);/q;;+2/p-2/b2*5-4-;. The largest absolute Gasteiger partial charge is 2.00 e. The first kappa shape index (κ1) is 27.8. The van der Waals surface area contributed by atoms with Gasteiger partial charge < -0.3 is 29.3 Å². The van der Waals surface area contributed by atoms with Crippen LogP contribution >= 0.6 is 0 Å². The third-order valence-corrected chi connectivity index (χ3v) is 2.50. The first-order valence-corrected chi connectivity index (χ1v) is 7.31. The van der Waals surface area contributed by atoms with Crippen molar-refractivity contribution in [2.75, 3.05) is 0 Å². The Morgan fingerprint density at radius 3 is 1.24 bits per heavy atom. The Bertz CT molecular complexity index is 441. The summed E-state index contributed by atoms with van der Waals surface area (Å²) in [4.78, 5) is 41.1. The van der Waals surface area contributed by atoms with E-state index in [-0.39, 0.29) is 31.7 Å². The fourth-order valence-electron chi connectivity index (χ4n) is 0.914. The van der Waals surface area contributed by atoms with Crippen molar-refractivity contribution in [1.82, 2.24) is 0 Å². The molecule has 25 heavy (non-hydrogen) atoms. The predicted molar refractivity (Wildman–Crippen MR) is 80.0 cm³/mol. The van der Waals surface area contributed by atoms with E-state index in [0.717, 1.165) is 12.2 Å². The van der Waals surface area contributed by atoms with Gasteiger partial charge in [-0.05, 0) is 38.8 Å². The van der Waals surface area contributed by atoms with E-state index in [4.69, 9.17) is 9.47 Å². The summed E-state index contributed by atoms with van der Waals surface area (Å²) in [5, 5.41) is 19.7. The van der Waals surface area contributed by atoms with E-state index >= 15 is 0 Å². The molecule has 0 rings (SSSR count). The summed E-state index contributed by atoms with van der Waals surface area (Å²) < 4.78 is 9.47. The van der Waals surface area contributed by atoms with E-state index in [1.165, 1.54) is 0 Å². The van der Waals surface area contributed by atoms with Gasteiger partial charge in [0.05, 0.1) is 24.1 Å². The van der Waals surface area contributed by atoms with Crippen LogP contribution < -0.4 is 10.2 Å². The molecule has 0 N–H and O–H groups in total. The van der Waals surface area contributed by atoms with E-state index in [9.17, 15) is 29.4 Å². The fraction of sp³-hybridized carbons (Fsp3) is 0.500. The number of rotatable bonds is 8. The van der Waals surface area contributed by atoms with Gasteiger partial charge in [0.25, 0.3) is 0 Å². The first-order valence-electron chi connectivity index (χ1n) is 7.31. The topological polar surface area (TPSA) is 133 Å². The van der Waals surface area contributed by atoms with E-state index < -0.39 is 23.9 Å². The smallest absolute Gasteiger partial charge is 0.545 e. The van der Waals surface area contributed by atoms with Gasteiger partial charge >= 0.3 is 31.4 Å². The number of esters is 2. The van der Waals surface area contributed by atoms with Crippen molar-refractivity contribution in [3.05, 3.63) is 24.3 Å². The predicted octanol–water partition coefficient (Wildman–Crippen LogP) is -0.734. The van der Waals surface area contributed by atoms with Gasteiger partial charge in [-0.15, -0.1) is 0 Å². The molecule has 0 saturated heterocycles. The van der Waals surface area contributed by atoms with Gasteiger partial charge in [0.15, 0.2) is 0 Å². The molecule has 0 aromatic heterocycles. The van der Waals surface area contributed by atoms with Gasteiger partial charge in [-0.25, -0.2) is 9.59 Å². The number of carbonyl (C=O) groups excluding carboxylic acids is 4. The molecule has 0 aromatic rings. The zero-order valence-corrected chi connectivity index (χ0v) is 17.8. The average molecular weight is 408 g/mol. The molecule has 0 radical (unpaired) electrons. The van der Waals surface area contributed by atoms with E-state index in [0.29, 0.717) is 25.0 Å². The Morgan fingerprint density at radius 2 is 1.04 bits per heavy atom. The van der Waals surface area contributed by atoms with Crippen molar-refractivity contribution in [2.45, 2.75) is 52.7 Å². The Labute approximate surface area is 159 Å². The van der Waals surface area contributed by atoms with Crippen molar-refractivity contribution in [1.29, 1.82) is 0 Å². The Morgan fingerprint density at radius 1 is 0.760 bits per heavy atom. The number of carboxylic acids is 2. The van der Waals surface area contributed by atoms with Crippen LogP contribution in [-0.2, 0) is 48.1 Å². The summed E-state index contributed by atoms with van der Waals surface area (Å²) in [6.45, 7) is 7.18. The van der Waals surface area contributed by atoms with Crippen molar-refractivity contribution < 1.29 is 58.3 Å². The molecule has 2 unspecified atom stereocenters. The van der Waals surface area contributed by atoms with Crippen LogP contribution in [0.5, 0.6) is 0 Å². The second-order valence-corrected chi connectivity index (χ2v) is 4.62. The second-order valence-electron chi connectivity index (χ2n) is 4.62. The van der Waals surface area contributed by atoms with E-state index in [1.807, 2.05) is 13.8 Å². The number of carboxylic acid groups (broad SMARTS) is 2. The second kappa shape index (κ2) is 16.8. The molecule has 8 nitrogen and oxygen atoms in total. The maximum atomic E-state index is 10.7. The maximum absolute atomic E-state index is 10.7. The van der Waals surface area contributed by atoms with Crippen LogP contribution in [0.2, 0.25) is 0 Å². The Kier molecular flexibility index (Phi) is 18.7. The molecule has 0 amide bonds. The average Bonchev–Trinajstić information content (AvgIpc) is 2.51. The van der Waals surface area contributed by atoms with Crippen LogP contribution in [0, 0.1) is 0 Å². The SMILES string of the molecule is CCC(C)OC(=O)/C=C\C(=O)[O-].CCC(C)OC(=O)/C=C\C(=O)[O-].[Zn+2]. The summed E-state index contributed by atoms with van der Waals surface area (Å²) >= 11 is 0. The van der Waals surface area contributed by atoms with Crippen LogP contribution in [0.15, 0.2) is 24.3 Å². The quantitative estimate of drug-likeness (QED) is 0.292. The third kappa shape index (κ3) is 22.0. The van der Waals surface area contributed by atoms with Gasteiger partial charge in [0.2, 0.25) is 0 Å². The molecule has 0 fully saturated rings. The van der Waals surface area contributed by atoms with Crippen LogP contribution in [0.25, 0.3) is 0 Å². The van der Waals surface area contributed by atoms with Crippen molar-refractivity contribution in [3.8, 4) is 0 Å². The molecule has 0 heterocycles. The molecule has 2 atom stereocenters.